The minimum atomic E-state index is -0.662. The monoisotopic (exact) mass is 270 g/mol. The number of aryl methyl sites for hydroxylation is 1. The second-order valence-electron chi connectivity index (χ2n) is 4.95. The van der Waals surface area contributed by atoms with Gasteiger partial charge in [0.25, 0.3) is 0 Å². The predicted molar refractivity (Wildman–Crippen MR) is 77.1 cm³/mol. The molecule has 0 bridgehead atoms. The maximum absolute atomic E-state index is 10.4. The van der Waals surface area contributed by atoms with Gasteiger partial charge in [-0.25, -0.2) is 0 Å². The summed E-state index contributed by atoms with van der Waals surface area (Å²) in [5, 5.41) is 10.4. The molecule has 0 radical (unpaired) electrons. The van der Waals surface area contributed by atoms with Crippen molar-refractivity contribution in [2.45, 2.75) is 25.6 Å². The van der Waals surface area contributed by atoms with E-state index in [4.69, 9.17) is 9.47 Å². The van der Waals surface area contributed by atoms with Crippen LogP contribution in [0.1, 0.15) is 24.2 Å². The second-order valence-corrected chi connectivity index (χ2v) is 4.95. The number of aliphatic hydroxyl groups excluding tert-OH is 1. The smallest absolute Gasteiger partial charge is 0.163 e. The predicted octanol–water partition coefficient (Wildman–Crippen LogP) is 3.12. The van der Waals surface area contributed by atoms with Crippen LogP contribution in [-0.2, 0) is 6.42 Å². The molecule has 0 spiro atoms. The summed E-state index contributed by atoms with van der Waals surface area (Å²) in [6.45, 7) is 2.46. The van der Waals surface area contributed by atoms with Crippen LogP contribution in [0.15, 0.2) is 48.5 Å². The lowest BCUT2D eigenvalue weighted by Gasteiger charge is -2.30. The van der Waals surface area contributed by atoms with Crippen molar-refractivity contribution in [1.29, 1.82) is 0 Å². The number of hydrogen-bond donors (Lipinski definition) is 1. The van der Waals surface area contributed by atoms with E-state index in [9.17, 15) is 5.11 Å². The quantitative estimate of drug-likeness (QED) is 0.931. The molecule has 1 heterocycles. The minimum Gasteiger partial charge on any atom is -0.489 e. The van der Waals surface area contributed by atoms with E-state index >= 15 is 0 Å². The molecule has 0 saturated heterocycles. The molecule has 2 aromatic rings. The van der Waals surface area contributed by atoms with Crippen LogP contribution in [0, 0.1) is 0 Å². The number of fused-ring (bicyclic) bond motifs is 1. The second kappa shape index (κ2) is 5.55. The third-order valence-electron chi connectivity index (χ3n) is 3.59. The van der Waals surface area contributed by atoms with E-state index in [1.807, 2.05) is 42.5 Å². The minimum absolute atomic E-state index is 0.356. The molecule has 20 heavy (non-hydrogen) atoms. The molecular formula is C17H18O3. The largest absolute Gasteiger partial charge is 0.489 e. The zero-order chi connectivity index (χ0) is 13.9. The van der Waals surface area contributed by atoms with E-state index in [0.717, 1.165) is 23.5 Å². The fourth-order valence-corrected chi connectivity index (χ4v) is 2.43. The third-order valence-corrected chi connectivity index (χ3v) is 3.59. The first kappa shape index (κ1) is 13.0. The van der Waals surface area contributed by atoms with E-state index in [1.54, 1.807) is 0 Å². The molecular weight excluding hydrogens is 252 g/mol. The fraction of sp³-hybridized carbons (Fsp3) is 0.294. The summed E-state index contributed by atoms with van der Waals surface area (Å²) >= 11 is 0. The summed E-state index contributed by atoms with van der Waals surface area (Å²) in [6, 6.07) is 15.5. The Hall–Kier alpha value is -2.00. The Balaban J connectivity index is 1.79. The van der Waals surface area contributed by atoms with Crippen LogP contribution >= 0.6 is 0 Å². The van der Waals surface area contributed by atoms with Gasteiger partial charge >= 0.3 is 0 Å². The lowest BCUT2D eigenvalue weighted by atomic mass is 10.0. The molecule has 1 N–H and O–H groups in total. The molecule has 1 aliphatic rings. The van der Waals surface area contributed by atoms with Crippen molar-refractivity contribution >= 4 is 0 Å². The third kappa shape index (κ3) is 2.49. The van der Waals surface area contributed by atoms with Crippen LogP contribution in [0.4, 0.5) is 0 Å². The first-order chi connectivity index (χ1) is 9.78. The van der Waals surface area contributed by atoms with Crippen LogP contribution in [0.25, 0.3) is 0 Å². The summed E-state index contributed by atoms with van der Waals surface area (Å²) in [5.74, 6) is 1.51. The van der Waals surface area contributed by atoms with Gasteiger partial charge in [-0.2, -0.15) is 0 Å². The molecule has 3 heteroatoms. The topological polar surface area (TPSA) is 38.7 Å². The molecule has 0 aliphatic carbocycles. The number of hydrogen-bond acceptors (Lipinski definition) is 3. The highest BCUT2D eigenvalue weighted by atomic mass is 16.5. The molecule has 0 aromatic heterocycles. The SMILES string of the molecule is CCc1cccc(OC2COc3ccccc3C2O)c1. The molecule has 104 valence electrons. The van der Waals surface area contributed by atoms with E-state index in [1.165, 1.54) is 5.56 Å². The van der Waals surface area contributed by atoms with E-state index in [2.05, 4.69) is 13.0 Å². The maximum atomic E-state index is 10.4. The van der Waals surface area contributed by atoms with Crippen molar-refractivity contribution in [3.63, 3.8) is 0 Å². The zero-order valence-corrected chi connectivity index (χ0v) is 11.5. The number of aliphatic hydroxyl groups is 1. The highest BCUT2D eigenvalue weighted by molar-refractivity contribution is 5.38. The Morgan fingerprint density at radius 1 is 1.20 bits per heavy atom. The van der Waals surface area contributed by atoms with E-state index in [-0.39, 0.29) is 6.10 Å². The highest BCUT2D eigenvalue weighted by Crippen LogP contribution is 2.33. The average molecular weight is 270 g/mol. The molecule has 2 atom stereocenters. The van der Waals surface area contributed by atoms with Gasteiger partial charge in [-0.15, -0.1) is 0 Å². The van der Waals surface area contributed by atoms with Crippen LogP contribution in [-0.4, -0.2) is 17.8 Å². The average Bonchev–Trinajstić information content (AvgIpc) is 2.50. The van der Waals surface area contributed by atoms with Crippen molar-refractivity contribution in [2.75, 3.05) is 6.61 Å². The standard InChI is InChI=1S/C17H18O3/c1-2-12-6-5-7-13(10-12)20-16-11-19-15-9-4-3-8-14(15)17(16)18/h3-10,16-18H,2,11H2,1H3. The first-order valence-corrected chi connectivity index (χ1v) is 6.93. The van der Waals surface area contributed by atoms with Gasteiger partial charge in [0.05, 0.1) is 0 Å². The van der Waals surface area contributed by atoms with Crippen molar-refractivity contribution in [1.82, 2.24) is 0 Å². The van der Waals surface area contributed by atoms with Gasteiger partial charge in [-0.05, 0) is 30.2 Å². The van der Waals surface area contributed by atoms with Crippen LogP contribution in [0.3, 0.4) is 0 Å². The van der Waals surface area contributed by atoms with Gasteiger partial charge in [0.1, 0.15) is 24.2 Å². The maximum Gasteiger partial charge on any atom is 0.163 e. The van der Waals surface area contributed by atoms with Crippen LogP contribution in [0.2, 0.25) is 0 Å². The Bertz CT molecular complexity index is 594. The van der Waals surface area contributed by atoms with Crippen LogP contribution < -0.4 is 9.47 Å². The highest BCUT2D eigenvalue weighted by Gasteiger charge is 2.30. The number of rotatable bonds is 3. The summed E-state index contributed by atoms with van der Waals surface area (Å²) in [7, 11) is 0. The number of para-hydroxylation sites is 1. The summed E-state index contributed by atoms with van der Waals surface area (Å²) in [6.07, 6.45) is -0.0775. The van der Waals surface area contributed by atoms with Crippen molar-refractivity contribution in [3.05, 3.63) is 59.7 Å². The number of benzene rings is 2. The molecule has 3 nitrogen and oxygen atoms in total. The Morgan fingerprint density at radius 3 is 2.90 bits per heavy atom. The van der Waals surface area contributed by atoms with Crippen molar-refractivity contribution < 1.29 is 14.6 Å². The first-order valence-electron chi connectivity index (χ1n) is 6.93. The van der Waals surface area contributed by atoms with Gasteiger partial charge in [0.2, 0.25) is 0 Å². The lowest BCUT2D eigenvalue weighted by Crippen LogP contribution is -2.35. The van der Waals surface area contributed by atoms with Gasteiger partial charge < -0.3 is 14.6 Å². The van der Waals surface area contributed by atoms with Gasteiger partial charge in [-0.1, -0.05) is 37.3 Å². The molecule has 0 saturated carbocycles. The lowest BCUT2D eigenvalue weighted by molar-refractivity contribution is -0.0103. The molecule has 3 rings (SSSR count). The van der Waals surface area contributed by atoms with Crippen LogP contribution in [0.5, 0.6) is 11.5 Å². The molecule has 2 aromatic carbocycles. The van der Waals surface area contributed by atoms with Crippen molar-refractivity contribution in [3.8, 4) is 11.5 Å². The summed E-state index contributed by atoms with van der Waals surface area (Å²) < 4.78 is 11.5. The number of ether oxygens (including phenoxy) is 2. The van der Waals surface area contributed by atoms with Gasteiger partial charge in [0.15, 0.2) is 6.10 Å². The molecule has 2 unspecified atom stereocenters. The van der Waals surface area contributed by atoms with E-state index < -0.39 is 6.10 Å². The molecule has 0 amide bonds. The zero-order valence-electron chi connectivity index (χ0n) is 11.5. The Kier molecular flexibility index (Phi) is 3.61. The fourth-order valence-electron chi connectivity index (χ4n) is 2.43. The molecule has 1 aliphatic heterocycles. The summed E-state index contributed by atoms with van der Waals surface area (Å²) in [4.78, 5) is 0. The normalized spacial score (nSPS) is 20.9. The van der Waals surface area contributed by atoms with Gasteiger partial charge in [0, 0.05) is 5.56 Å². The molecule has 0 fully saturated rings. The Labute approximate surface area is 118 Å². The van der Waals surface area contributed by atoms with E-state index in [0.29, 0.717) is 6.61 Å². The summed E-state index contributed by atoms with van der Waals surface area (Å²) in [5.41, 5.74) is 2.00. The Morgan fingerprint density at radius 2 is 2.05 bits per heavy atom. The van der Waals surface area contributed by atoms with Gasteiger partial charge in [-0.3, -0.25) is 0 Å². The van der Waals surface area contributed by atoms with Crippen molar-refractivity contribution in [2.24, 2.45) is 0 Å².